The second kappa shape index (κ2) is 5.51. The van der Waals surface area contributed by atoms with Gasteiger partial charge in [-0.2, -0.15) is 0 Å². The molecular weight excluding hydrogens is 286 g/mol. The molecule has 1 fully saturated rings. The molecule has 5 nitrogen and oxygen atoms in total. The van der Waals surface area contributed by atoms with E-state index in [-0.39, 0.29) is 5.56 Å². The Kier molecular flexibility index (Phi) is 3.52. The van der Waals surface area contributed by atoms with E-state index in [4.69, 9.17) is 9.72 Å². The van der Waals surface area contributed by atoms with Crippen molar-refractivity contribution >= 4 is 16.3 Å². The number of rotatable bonds is 2. The van der Waals surface area contributed by atoms with E-state index < -0.39 is 0 Å². The van der Waals surface area contributed by atoms with E-state index in [1.165, 1.54) is 23.4 Å². The van der Waals surface area contributed by atoms with Crippen molar-refractivity contribution in [2.45, 2.75) is 32.2 Å². The summed E-state index contributed by atoms with van der Waals surface area (Å²) in [6.45, 7) is 4.13. The van der Waals surface area contributed by atoms with Gasteiger partial charge in [0.25, 0.3) is 5.56 Å². The van der Waals surface area contributed by atoms with Gasteiger partial charge < -0.3 is 4.74 Å². The molecule has 1 saturated heterocycles. The lowest BCUT2D eigenvalue weighted by Crippen LogP contribution is -2.36. The van der Waals surface area contributed by atoms with Crippen LogP contribution in [-0.4, -0.2) is 40.6 Å². The molecule has 0 spiro atoms. The number of aromatic nitrogens is 2. The van der Waals surface area contributed by atoms with Crippen LogP contribution in [-0.2, 0) is 24.1 Å². The molecule has 0 bridgehead atoms. The maximum Gasteiger partial charge on any atom is 0.259 e. The van der Waals surface area contributed by atoms with Gasteiger partial charge >= 0.3 is 0 Å². The van der Waals surface area contributed by atoms with Crippen LogP contribution >= 0.6 is 11.3 Å². The number of ether oxygens (including phenoxy) is 1. The summed E-state index contributed by atoms with van der Waals surface area (Å²) < 4.78 is 7.20. The van der Waals surface area contributed by atoms with Gasteiger partial charge in [-0.05, 0) is 25.7 Å². The fourth-order valence-electron chi connectivity index (χ4n) is 3.21. The maximum atomic E-state index is 12.5. The minimum Gasteiger partial charge on any atom is -0.379 e. The second-order valence-corrected chi connectivity index (χ2v) is 6.83. The number of fused-ring (bicyclic) bond motifs is 3. The summed E-state index contributed by atoms with van der Waals surface area (Å²) in [5, 5.41) is 0. The largest absolute Gasteiger partial charge is 0.379 e. The van der Waals surface area contributed by atoms with Crippen LogP contribution in [0.25, 0.3) is 4.96 Å². The molecule has 21 heavy (non-hydrogen) atoms. The number of hydrogen-bond donors (Lipinski definition) is 0. The Hall–Kier alpha value is -1.24. The summed E-state index contributed by atoms with van der Waals surface area (Å²) in [4.78, 5) is 21.7. The molecule has 1 aliphatic carbocycles. The molecule has 2 aliphatic rings. The number of thiazole rings is 1. The zero-order valence-corrected chi connectivity index (χ0v) is 12.8. The summed E-state index contributed by atoms with van der Waals surface area (Å²) in [6, 6.07) is 1.71. The second-order valence-electron chi connectivity index (χ2n) is 5.77. The van der Waals surface area contributed by atoms with Crippen molar-refractivity contribution < 1.29 is 4.74 Å². The van der Waals surface area contributed by atoms with Crippen molar-refractivity contribution in [3.63, 3.8) is 0 Å². The molecule has 3 heterocycles. The molecule has 0 unspecified atom stereocenters. The first-order valence-electron chi connectivity index (χ1n) is 7.64. The number of hydrogen-bond acceptors (Lipinski definition) is 5. The molecule has 112 valence electrons. The van der Waals surface area contributed by atoms with Gasteiger partial charge in [0.15, 0.2) is 4.96 Å². The van der Waals surface area contributed by atoms with Crippen molar-refractivity contribution in [1.29, 1.82) is 0 Å². The smallest absolute Gasteiger partial charge is 0.259 e. The lowest BCUT2D eigenvalue weighted by Gasteiger charge is -2.26. The Morgan fingerprint density at radius 1 is 1.24 bits per heavy atom. The number of morpholine rings is 1. The third-order valence-electron chi connectivity index (χ3n) is 4.30. The highest BCUT2D eigenvalue weighted by Gasteiger charge is 2.19. The Bertz CT molecular complexity index is 716. The molecule has 6 heteroatoms. The van der Waals surface area contributed by atoms with E-state index in [1.54, 1.807) is 17.4 Å². The zero-order chi connectivity index (χ0) is 14.2. The summed E-state index contributed by atoms with van der Waals surface area (Å²) in [6.07, 6.45) is 4.53. The Balaban J connectivity index is 1.70. The normalized spacial score (nSPS) is 19.8. The fourth-order valence-corrected chi connectivity index (χ4v) is 4.44. The van der Waals surface area contributed by atoms with Crippen LogP contribution in [0, 0.1) is 0 Å². The van der Waals surface area contributed by atoms with Crippen LogP contribution in [0.4, 0.5) is 0 Å². The lowest BCUT2D eigenvalue weighted by molar-refractivity contribution is 0.0336. The minimum absolute atomic E-state index is 0.0858. The Labute approximate surface area is 127 Å². The SMILES string of the molecule is O=c1cc(CN2CCOCC2)nc2sc3c(n12)CCCC3. The highest BCUT2D eigenvalue weighted by atomic mass is 32.1. The topological polar surface area (TPSA) is 46.8 Å². The summed E-state index contributed by atoms with van der Waals surface area (Å²) in [5.41, 5.74) is 2.18. The van der Waals surface area contributed by atoms with Gasteiger partial charge in [-0.1, -0.05) is 0 Å². The average Bonchev–Trinajstić information content (AvgIpc) is 2.87. The van der Waals surface area contributed by atoms with Crippen molar-refractivity contribution in [3.05, 3.63) is 32.7 Å². The number of aryl methyl sites for hydroxylation is 2. The van der Waals surface area contributed by atoms with Crippen LogP contribution in [0.2, 0.25) is 0 Å². The van der Waals surface area contributed by atoms with Crippen LogP contribution < -0.4 is 5.56 Å². The van der Waals surface area contributed by atoms with Crippen LogP contribution in [0.5, 0.6) is 0 Å². The molecule has 4 rings (SSSR count). The van der Waals surface area contributed by atoms with E-state index in [9.17, 15) is 4.79 Å². The predicted molar refractivity (Wildman–Crippen MR) is 82.1 cm³/mol. The molecule has 0 N–H and O–H groups in total. The fraction of sp³-hybridized carbons (Fsp3) is 0.600. The summed E-state index contributed by atoms with van der Waals surface area (Å²) >= 11 is 1.70. The summed E-state index contributed by atoms with van der Waals surface area (Å²) in [5.74, 6) is 0. The molecule has 0 amide bonds. The molecule has 0 aromatic carbocycles. The first-order valence-corrected chi connectivity index (χ1v) is 8.46. The Morgan fingerprint density at radius 3 is 2.90 bits per heavy atom. The molecule has 2 aromatic heterocycles. The first-order chi connectivity index (χ1) is 10.3. The molecular formula is C15H19N3O2S. The highest BCUT2D eigenvalue weighted by Crippen LogP contribution is 2.28. The number of nitrogens with zero attached hydrogens (tertiary/aromatic N) is 3. The van der Waals surface area contributed by atoms with Crippen molar-refractivity contribution in [2.75, 3.05) is 26.3 Å². The van der Waals surface area contributed by atoms with E-state index >= 15 is 0 Å². The first kappa shape index (κ1) is 13.4. The van der Waals surface area contributed by atoms with Gasteiger partial charge in [0.2, 0.25) is 0 Å². The summed E-state index contributed by atoms with van der Waals surface area (Å²) in [7, 11) is 0. The van der Waals surface area contributed by atoms with Crippen molar-refractivity contribution in [2.24, 2.45) is 0 Å². The van der Waals surface area contributed by atoms with Crippen LogP contribution in [0.15, 0.2) is 10.9 Å². The van der Waals surface area contributed by atoms with Gasteiger partial charge in [-0.15, -0.1) is 11.3 Å². The molecule has 0 radical (unpaired) electrons. The zero-order valence-electron chi connectivity index (χ0n) is 12.0. The van der Waals surface area contributed by atoms with Gasteiger partial charge in [0, 0.05) is 36.3 Å². The van der Waals surface area contributed by atoms with Crippen LogP contribution in [0.3, 0.4) is 0 Å². The van der Waals surface area contributed by atoms with Gasteiger partial charge in [-0.3, -0.25) is 14.1 Å². The third-order valence-corrected chi connectivity index (χ3v) is 5.45. The van der Waals surface area contributed by atoms with Gasteiger partial charge in [0.1, 0.15) is 0 Å². The molecule has 0 saturated carbocycles. The third kappa shape index (κ3) is 2.52. The van der Waals surface area contributed by atoms with E-state index in [0.717, 1.165) is 56.3 Å². The quantitative estimate of drug-likeness (QED) is 0.843. The Morgan fingerprint density at radius 2 is 2.05 bits per heavy atom. The lowest BCUT2D eigenvalue weighted by atomic mass is 10.0. The average molecular weight is 305 g/mol. The van der Waals surface area contributed by atoms with Gasteiger partial charge in [0.05, 0.1) is 18.9 Å². The van der Waals surface area contributed by atoms with Gasteiger partial charge in [-0.25, -0.2) is 4.98 Å². The maximum absolute atomic E-state index is 12.5. The van der Waals surface area contributed by atoms with E-state index in [1.807, 2.05) is 4.40 Å². The monoisotopic (exact) mass is 305 g/mol. The molecule has 1 aliphatic heterocycles. The minimum atomic E-state index is 0.0858. The molecule has 2 aromatic rings. The van der Waals surface area contributed by atoms with Crippen LogP contribution in [0.1, 0.15) is 29.1 Å². The standard InChI is InChI=1S/C15H19N3O2S/c19-14-9-11(10-17-5-7-20-8-6-17)16-15-18(14)12-3-1-2-4-13(12)21-15/h9H,1-8,10H2. The van der Waals surface area contributed by atoms with E-state index in [2.05, 4.69) is 4.90 Å². The van der Waals surface area contributed by atoms with Crippen molar-refractivity contribution in [1.82, 2.24) is 14.3 Å². The van der Waals surface area contributed by atoms with Crippen molar-refractivity contribution in [3.8, 4) is 0 Å². The van der Waals surface area contributed by atoms with E-state index in [0.29, 0.717) is 0 Å². The highest BCUT2D eigenvalue weighted by molar-refractivity contribution is 7.17. The molecule has 0 atom stereocenters. The predicted octanol–water partition coefficient (Wildman–Crippen LogP) is 1.47.